The lowest BCUT2D eigenvalue weighted by atomic mass is 10.1. The first kappa shape index (κ1) is 23.9. The predicted molar refractivity (Wildman–Crippen MR) is 130 cm³/mol. The van der Waals surface area contributed by atoms with Crippen LogP contribution < -0.4 is 19.5 Å². The number of benzene rings is 3. The van der Waals surface area contributed by atoms with Gasteiger partial charge in [-0.1, -0.05) is 6.07 Å². The molecule has 0 radical (unpaired) electrons. The number of amides is 3. The number of nitrogens with one attached hydrogen (secondary N) is 1. The average Bonchev–Trinajstić information content (AvgIpc) is 3.47. The maximum atomic E-state index is 13.0. The molecule has 2 heterocycles. The average molecular weight is 502 g/mol. The predicted octanol–water partition coefficient (Wildman–Crippen LogP) is 3.41. The number of nitrogens with zero attached hydrogens (tertiary/aromatic N) is 1. The van der Waals surface area contributed by atoms with Gasteiger partial charge in [0.2, 0.25) is 6.79 Å². The Bertz CT molecular complexity index is 1400. The minimum atomic E-state index is -0.792. The fraction of sp³-hybridized carbons (Fsp3) is 0.185. The third kappa shape index (κ3) is 4.94. The van der Waals surface area contributed by atoms with Crippen molar-refractivity contribution in [1.82, 2.24) is 4.90 Å². The molecule has 188 valence electrons. The summed E-state index contributed by atoms with van der Waals surface area (Å²) in [6, 6.07) is 16.1. The van der Waals surface area contributed by atoms with Gasteiger partial charge in [-0.3, -0.25) is 19.3 Å². The van der Waals surface area contributed by atoms with Gasteiger partial charge in [0.25, 0.3) is 17.7 Å². The summed E-state index contributed by atoms with van der Waals surface area (Å²) in [6.45, 7) is 2.03. The van der Waals surface area contributed by atoms with Gasteiger partial charge >= 0.3 is 5.97 Å². The molecule has 10 nitrogen and oxygen atoms in total. The summed E-state index contributed by atoms with van der Waals surface area (Å²) in [5, 5.41) is 2.62. The van der Waals surface area contributed by atoms with Gasteiger partial charge in [-0.25, -0.2) is 4.79 Å². The molecule has 0 aliphatic carbocycles. The van der Waals surface area contributed by atoms with Crippen molar-refractivity contribution in [1.29, 1.82) is 0 Å². The largest absolute Gasteiger partial charge is 0.494 e. The number of esters is 1. The Morgan fingerprint density at radius 1 is 0.919 bits per heavy atom. The summed E-state index contributed by atoms with van der Waals surface area (Å²) in [7, 11) is 0. The van der Waals surface area contributed by atoms with E-state index >= 15 is 0 Å². The van der Waals surface area contributed by atoms with Gasteiger partial charge in [-0.15, -0.1) is 0 Å². The zero-order valence-corrected chi connectivity index (χ0v) is 19.8. The zero-order chi connectivity index (χ0) is 25.9. The summed E-state index contributed by atoms with van der Waals surface area (Å²) in [6.07, 6.45) is 0. The number of ether oxygens (including phenoxy) is 4. The summed E-state index contributed by atoms with van der Waals surface area (Å²) in [5.41, 5.74) is 1.55. The van der Waals surface area contributed by atoms with Crippen LogP contribution in [0.25, 0.3) is 0 Å². The monoisotopic (exact) mass is 502 g/mol. The van der Waals surface area contributed by atoms with E-state index in [0.29, 0.717) is 35.1 Å². The Balaban J connectivity index is 1.20. The maximum absolute atomic E-state index is 13.0. The van der Waals surface area contributed by atoms with Crippen LogP contribution in [0.4, 0.5) is 5.69 Å². The van der Waals surface area contributed by atoms with Crippen LogP contribution in [0.15, 0.2) is 60.7 Å². The topological polar surface area (TPSA) is 120 Å². The molecule has 0 bridgehead atoms. The van der Waals surface area contributed by atoms with E-state index in [0.717, 1.165) is 4.90 Å². The SMILES string of the molecule is CCOc1ccc(NC(=O)COC(=O)c2ccc3c(c2)C(=O)N(Cc2ccc4c(c2)OCO4)C3=O)cc1. The molecular formula is C27H22N2O8. The van der Waals surface area contributed by atoms with Gasteiger partial charge < -0.3 is 24.3 Å². The van der Waals surface area contributed by atoms with Crippen LogP contribution in [0, 0.1) is 0 Å². The van der Waals surface area contributed by atoms with Gasteiger partial charge in [0, 0.05) is 5.69 Å². The molecule has 2 aliphatic rings. The standard InChI is InChI=1S/C27H22N2O8/c1-2-34-19-7-5-18(6-8-19)28-24(30)14-35-27(33)17-4-9-20-21(12-17)26(32)29(25(20)31)13-16-3-10-22-23(11-16)37-15-36-22/h3-12H,2,13-15H2,1H3,(H,28,30). The Kier molecular flexibility index (Phi) is 6.46. The van der Waals surface area contributed by atoms with E-state index in [1.807, 2.05) is 6.92 Å². The number of anilines is 1. The summed E-state index contributed by atoms with van der Waals surface area (Å²) < 4.78 is 21.1. The van der Waals surface area contributed by atoms with E-state index < -0.39 is 30.3 Å². The first-order chi connectivity index (χ1) is 17.9. The number of fused-ring (bicyclic) bond motifs is 2. The number of hydrogen-bond acceptors (Lipinski definition) is 8. The summed E-state index contributed by atoms with van der Waals surface area (Å²) in [4.78, 5) is 51.6. The quantitative estimate of drug-likeness (QED) is 0.368. The minimum absolute atomic E-state index is 0.0362. The second-order valence-electron chi connectivity index (χ2n) is 8.23. The smallest absolute Gasteiger partial charge is 0.338 e. The molecule has 0 saturated carbocycles. The van der Waals surface area contributed by atoms with Crippen LogP contribution in [-0.4, -0.2) is 48.6 Å². The van der Waals surface area contributed by atoms with Gasteiger partial charge in [0.05, 0.1) is 29.8 Å². The number of hydrogen-bond donors (Lipinski definition) is 1. The van der Waals surface area contributed by atoms with Crippen LogP contribution in [0.3, 0.4) is 0 Å². The molecule has 0 saturated heterocycles. The molecule has 3 aromatic rings. The molecule has 0 aromatic heterocycles. The van der Waals surface area contributed by atoms with Crippen LogP contribution >= 0.6 is 0 Å². The normalized spacial score (nSPS) is 13.4. The molecule has 0 spiro atoms. The van der Waals surface area contributed by atoms with Crippen molar-refractivity contribution in [2.45, 2.75) is 13.5 Å². The molecule has 0 unspecified atom stereocenters. The lowest BCUT2D eigenvalue weighted by Crippen LogP contribution is -2.29. The van der Waals surface area contributed by atoms with E-state index in [-0.39, 0.29) is 30.0 Å². The Morgan fingerprint density at radius 2 is 1.68 bits per heavy atom. The van der Waals surface area contributed by atoms with Crippen molar-refractivity contribution in [2.75, 3.05) is 25.3 Å². The molecule has 3 amide bonds. The molecule has 0 atom stereocenters. The molecule has 3 aromatic carbocycles. The lowest BCUT2D eigenvalue weighted by molar-refractivity contribution is -0.119. The highest BCUT2D eigenvalue weighted by Gasteiger charge is 2.36. The Labute approximate surface area is 211 Å². The molecular weight excluding hydrogens is 480 g/mol. The third-order valence-electron chi connectivity index (χ3n) is 5.77. The van der Waals surface area contributed by atoms with E-state index in [1.54, 1.807) is 42.5 Å². The molecule has 10 heteroatoms. The number of carbonyl (C=O) groups is 4. The van der Waals surface area contributed by atoms with E-state index in [1.165, 1.54) is 18.2 Å². The van der Waals surface area contributed by atoms with E-state index in [4.69, 9.17) is 18.9 Å². The van der Waals surface area contributed by atoms with Crippen molar-refractivity contribution in [2.24, 2.45) is 0 Å². The minimum Gasteiger partial charge on any atom is -0.494 e. The molecule has 37 heavy (non-hydrogen) atoms. The first-order valence-corrected chi connectivity index (χ1v) is 11.5. The Hall–Kier alpha value is -4.86. The van der Waals surface area contributed by atoms with Crippen molar-refractivity contribution in [3.8, 4) is 17.2 Å². The molecule has 1 N–H and O–H groups in total. The summed E-state index contributed by atoms with van der Waals surface area (Å²) >= 11 is 0. The molecule has 2 aliphatic heterocycles. The highest BCUT2D eigenvalue weighted by atomic mass is 16.7. The fourth-order valence-corrected chi connectivity index (χ4v) is 4.00. The van der Waals surface area contributed by atoms with Gasteiger partial charge in [0.15, 0.2) is 18.1 Å². The third-order valence-corrected chi connectivity index (χ3v) is 5.77. The second-order valence-corrected chi connectivity index (χ2v) is 8.23. The van der Waals surface area contributed by atoms with Crippen molar-refractivity contribution in [3.05, 3.63) is 82.9 Å². The number of imide groups is 1. The number of rotatable bonds is 8. The Morgan fingerprint density at radius 3 is 2.46 bits per heavy atom. The summed E-state index contributed by atoms with van der Waals surface area (Å²) in [5.74, 6) is -0.494. The first-order valence-electron chi connectivity index (χ1n) is 11.5. The van der Waals surface area contributed by atoms with Crippen molar-refractivity contribution < 1.29 is 38.1 Å². The van der Waals surface area contributed by atoms with Crippen LogP contribution in [0.5, 0.6) is 17.2 Å². The van der Waals surface area contributed by atoms with E-state index in [9.17, 15) is 19.2 Å². The second kappa shape index (κ2) is 10.0. The highest BCUT2D eigenvalue weighted by molar-refractivity contribution is 6.21. The molecule has 0 fully saturated rings. The zero-order valence-electron chi connectivity index (χ0n) is 19.8. The number of carbonyl (C=O) groups excluding carboxylic acids is 4. The van der Waals surface area contributed by atoms with E-state index in [2.05, 4.69) is 5.32 Å². The highest BCUT2D eigenvalue weighted by Crippen LogP contribution is 2.34. The van der Waals surface area contributed by atoms with Crippen molar-refractivity contribution >= 4 is 29.4 Å². The van der Waals surface area contributed by atoms with Gasteiger partial charge in [-0.05, 0) is 67.1 Å². The lowest BCUT2D eigenvalue weighted by Gasteiger charge is -2.14. The fourth-order valence-electron chi connectivity index (χ4n) is 4.00. The van der Waals surface area contributed by atoms with Crippen LogP contribution in [-0.2, 0) is 16.1 Å². The van der Waals surface area contributed by atoms with Crippen molar-refractivity contribution in [3.63, 3.8) is 0 Å². The van der Waals surface area contributed by atoms with Crippen LogP contribution in [0.1, 0.15) is 43.6 Å². The van der Waals surface area contributed by atoms with Crippen LogP contribution in [0.2, 0.25) is 0 Å². The van der Waals surface area contributed by atoms with Gasteiger partial charge in [-0.2, -0.15) is 0 Å². The maximum Gasteiger partial charge on any atom is 0.338 e. The van der Waals surface area contributed by atoms with Gasteiger partial charge in [0.1, 0.15) is 5.75 Å². The molecule has 5 rings (SSSR count).